The molecule has 1 N–H and O–H groups in total. The van der Waals surface area contributed by atoms with Gasteiger partial charge in [-0.15, -0.1) is 0 Å². The zero-order valence-electron chi connectivity index (χ0n) is 16.8. The van der Waals surface area contributed by atoms with Crippen LogP contribution in [0.15, 0.2) is 66.9 Å². The first kappa shape index (κ1) is 18.7. The van der Waals surface area contributed by atoms with Crippen molar-refractivity contribution in [2.24, 2.45) is 0 Å². The van der Waals surface area contributed by atoms with E-state index in [9.17, 15) is 9.59 Å². The summed E-state index contributed by atoms with van der Waals surface area (Å²) in [7, 11) is 0. The number of para-hydroxylation sites is 1. The largest absolute Gasteiger partial charge is 0.361 e. The number of carbonyl (C=O) groups is 2. The zero-order valence-corrected chi connectivity index (χ0v) is 16.8. The van der Waals surface area contributed by atoms with Gasteiger partial charge in [-0.2, -0.15) is 0 Å². The molecule has 5 nitrogen and oxygen atoms in total. The third kappa shape index (κ3) is 3.30. The molecule has 2 aliphatic rings. The molecule has 5 heteroatoms. The third-order valence-electron chi connectivity index (χ3n) is 6.27. The second-order valence-electron chi connectivity index (χ2n) is 8.07. The summed E-state index contributed by atoms with van der Waals surface area (Å²) < 4.78 is 0. The van der Waals surface area contributed by atoms with Crippen molar-refractivity contribution in [1.29, 1.82) is 0 Å². The van der Waals surface area contributed by atoms with Crippen LogP contribution in [0.4, 0.5) is 0 Å². The number of nitrogens with zero attached hydrogens (tertiary/aromatic N) is 2. The summed E-state index contributed by atoms with van der Waals surface area (Å²) in [4.78, 5) is 33.5. The lowest BCUT2D eigenvalue weighted by atomic mass is 9.98. The number of nitrogens with one attached hydrogen (secondary N) is 1. The van der Waals surface area contributed by atoms with E-state index in [1.807, 2.05) is 66.9 Å². The molecule has 0 saturated carbocycles. The third-order valence-corrected chi connectivity index (χ3v) is 6.27. The van der Waals surface area contributed by atoms with Crippen LogP contribution in [0.3, 0.4) is 0 Å². The molecule has 2 aromatic carbocycles. The molecule has 2 fully saturated rings. The molecule has 5 rings (SSSR count). The summed E-state index contributed by atoms with van der Waals surface area (Å²) in [6, 6.07) is 17.4. The molecule has 2 atom stereocenters. The van der Waals surface area contributed by atoms with E-state index in [1.54, 1.807) is 9.80 Å². The van der Waals surface area contributed by atoms with E-state index in [1.165, 1.54) is 0 Å². The summed E-state index contributed by atoms with van der Waals surface area (Å²) in [5.41, 5.74) is 3.21. The maximum Gasteiger partial charge on any atom is 0.246 e. The van der Waals surface area contributed by atoms with E-state index in [0.29, 0.717) is 19.5 Å². The number of amides is 2. The molecular weight excluding hydrogens is 374 g/mol. The van der Waals surface area contributed by atoms with Gasteiger partial charge in [-0.1, -0.05) is 60.7 Å². The Kier molecular flexibility index (Phi) is 4.87. The van der Waals surface area contributed by atoms with Crippen LogP contribution in [0.5, 0.6) is 0 Å². The number of carbonyl (C=O) groups excluding carboxylic acids is 2. The van der Waals surface area contributed by atoms with Crippen molar-refractivity contribution in [3.63, 3.8) is 0 Å². The van der Waals surface area contributed by atoms with Gasteiger partial charge in [-0.05, 0) is 30.0 Å². The van der Waals surface area contributed by atoms with Crippen LogP contribution in [0, 0.1) is 0 Å². The fraction of sp³-hybridized carbons (Fsp3) is 0.280. The summed E-state index contributed by atoms with van der Waals surface area (Å²) in [5.74, 6) is 0.158. The number of H-pyrrole nitrogens is 1. The minimum absolute atomic E-state index is 0.0784. The summed E-state index contributed by atoms with van der Waals surface area (Å²) in [6.45, 7) is 1.13. The van der Waals surface area contributed by atoms with Gasteiger partial charge in [0.1, 0.15) is 12.1 Å². The second-order valence-corrected chi connectivity index (χ2v) is 8.07. The van der Waals surface area contributed by atoms with E-state index >= 15 is 0 Å². The minimum atomic E-state index is -0.466. The highest BCUT2D eigenvalue weighted by molar-refractivity contribution is 5.98. The Labute approximate surface area is 176 Å². The normalized spacial score (nSPS) is 21.7. The van der Waals surface area contributed by atoms with Crippen molar-refractivity contribution in [1.82, 2.24) is 14.8 Å². The molecule has 3 heterocycles. The highest BCUT2D eigenvalue weighted by atomic mass is 16.2. The first-order valence-corrected chi connectivity index (χ1v) is 10.6. The van der Waals surface area contributed by atoms with Gasteiger partial charge in [0.2, 0.25) is 11.8 Å². The smallest absolute Gasteiger partial charge is 0.246 e. The maximum atomic E-state index is 13.4. The van der Waals surface area contributed by atoms with E-state index < -0.39 is 6.04 Å². The Hall–Kier alpha value is -3.34. The van der Waals surface area contributed by atoms with Crippen molar-refractivity contribution < 1.29 is 9.59 Å². The Balaban J connectivity index is 1.44. The van der Waals surface area contributed by atoms with Crippen LogP contribution in [-0.4, -0.2) is 51.8 Å². The average Bonchev–Trinajstić information content (AvgIpc) is 3.42. The van der Waals surface area contributed by atoms with Crippen LogP contribution >= 0.6 is 0 Å². The monoisotopic (exact) mass is 399 g/mol. The van der Waals surface area contributed by atoms with Crippen molar-refractivity contribution in [2.45, 2.75) is 31.3 Å². The molecule has 0 bridgehead atoms. The number of aromatic nitrogens is 1. The molecule has 0 aliphatic carbocycles. The number of hydrogen-bond donors (Lipinski definition) is 1. The van der Waals surface area contributed by atoms with Gasteiger partial charge < -0.3 is 14.8 Å². The standard InChI is InChI=1S/C25H25N3O2/c29-24-22-13-7-15-27(22)25(30)23(16-19-17-26-21-12-5-4-11-20(19)21)28(24)14-6-10-18-8-2-1-3-9-18/h1-6,8-12,17,22-23,26H,7,13-16H2/b10-6+/t22-,23-/m0/s1. The SMILES string of the molecule is O=C1[C@@H]2CCCN2C(=O)[C@H](Cc2c[nH]c3ccccc23)N1C/C=C/c1ccccc1. The van der Waals surface area contributed by atoms with Gasteiger partial charge in [-0.3, -0.25) is 9.59 Å². The van der Waals surface area contributed by atoms with Crippen LogP contribution in [0.1, 0.15) is 24.0 Å². The molecular formula is C25H25N3O2. The van der Waals surface area contributed by atoms with Crippen molar-refractivity contribution >= 4 is 28.8 Å². The maximum absolute atomic E-state index is 13.4. The highest BCUT2D eigenvalue weighted by Gasteiger charge is 2.47. The molecule has 2 amide bonds. The molecule has 1 aromatic heterocycles. The molecule has 0 radical (unpaired) electrons. The van der Waals surface area contributed by atoms with E-state index in [4.69, 9.17) is 0 Å². The Morgan fingerprint density at radius 2 is 1.80 bits per heavy atom. The van der Waals surface area contributed by atoms with Crippen LogP contribution in [0.25, 0.3) is 17.0 Å². The Bertz CT molecular complexity index is 1100. The Morgan fingerprint density at radius 3 is 2.67 bits per heavy atom. The fourth-order valence-corrected chi connectivity index (χ4v) is 4.75. The molecule has 2 aliphatic heterocycles. The number of aromatic amines is 1. The zero-order chi connectivity index (χ0) is 20.5. The van der Waals surface area contributed by atoms with Gasteiger partial charge in [0.15, 0.2) is 0 Å². The van der Waals surface area contributed by atoms with Gasteiger partial charge in [0.25, 0.3) is 0 Å². The second kappa shape index (κ2) is 7.82. The number of fused-ring (bicyclic) bond motifs is 2. The summed E-state index contributed by atoms with van der Waals surface area (Å²) in [6.07, 6.45) is 8.17. The highest BCUT2D eigenvalue weighted by Crippen LogP contribution is 2.30. The quantitative estimate of drug-likeness (QED) is 0.712. The van der Waals surface area contributed by atoms with Crippen LogP contribution in [0.2, 0.25) is 0 Å². The lowest BCUT2D eigenvalue weighted by Crippen LogP contribution is -2.63. The Morgan fingerprint density at radius 1 is 1.00 bits per heavy atom. The van der Waals surface area contributed by atoms with Crippen molar-refractivity contribution in [3.05, 3.63) is 78.0 Å². The van der Waals surface area contributed by atoms with E-state index in [-0.39, 0.29) is 17.9 Å². The van der Waals surface area contributed by atoms with E-state index in [0.717, 1.165) is 34.9 Å². The minimum Gasteiger partial charge on any atom is -0.361 e. The van der Waals surface area contributed by atoms with Crippen LogP contribution in [-0.2, 0) is 16.0 Å². The summed E-state index contributed by atoms with van der Waals surface area (Å²) in [5, 5.41) is 1.11. The lowest BCUT2D eigenvalue weighted by Gasteiger charge is -2.42. The van der Waals surface area contributed by atoms with Crippen molar-refractivity contribution in [3.8, 4) is 0 Å². The first-order valence-electron chi connectivity index (χ1n) is 10.6. The van der Waals surface area contributed by atoms with E-state index in [2.05, 4.69) is 11.1 Å². The number of rotatable bonds is 5. The molecule has 30 heavy (non-hydrogen) atoms. The fourth-order valence-electron chi connectivity index (χ4n) is 4.75. The van der Waals surface area contributed by atoms with Gasteiger partial charge in [-0.25, -0.2) is 0 Å². The van der Waals surface area contributed by atoms with Crippen molar-refractivity contribution in [2.75, 3.05) is 13.1 Å². The predicted octanol–water partition coefficient (Wildman–Crippen LogP) is 3.63. The number of hydrogen-bond acceptors (Lipinski definition) is 2. The summed E-state index contributed by atoms with van der Waals surface area (Å²) >= 11 is 0. The first-order chi connectivity index (χ1) is 14.7. The van der Waals surface area contributed by atoms with Crippen LogP contribution < -0.4 is 0 Å². The molecule has 152 valence electrons. The number of piperazine rings is 1. The molecule has 0 unspecified atom stereocenters. The topological polar surface area (TPSA) is 56.4 Å². The van der Waals surface area contributed by atoms with Gasteiger partial charge in [0, 0.05) is 36.6 Å². The van der Waals surface area contributed by atoms with Gasteiger partial charge >= 0.3 is 0 Å². The lowest BCUT2D eigenvalue weighted by molar-refractivity contribution is -0.158. The predicted molar refractivity (Wildman–Crippen MR) is 118 cm³/mol. The molecule has 3 aromatic rings. The average molecular weight is 399 g/mol. The van der Waals surface area contributed by atoms with Gasteiger partial charge in [0.05, 0.1) is 0 Å². The molecule has 0 spiro atoms. The number of benzene rings is 2. The molecule has 2 saturated heterocycles.